The molecule has 1 spiro atoms. The van der Waals surface area contributed by atoms with Gasteiger partial charge in [-0.2, -0.15) is 0 Å². The van der Waals surface area contributed by atoms with Crippen molar-refractivity contribution in [3.63, 3.8) is 0 Å². The Morgan fingerprint density at radius 1 is 1.10 bits per heavy atom. The van der Waals surface area contributed by atoms with Crippen molar-refractivity contribution < 1.29 is 9.59 Å². The minimum atomic E-state index is -0.635. The molecular weight excluding hydrogens is 370 g/mol. The van der Waals surface area contributed by atoms with Crippen LogP contribution in [0.15, 0.2) is 23.0 Å². The Morgan fingerprint density at radius 2 is 1.86 bits per heavy atom. The van der Waals surface area contributed by atoms with Gasteiger partial charge in [0.1, 0.15) is 6.04 Å². The van der Waals surface area contributed by atoms with Gasteiger partial charge in [0.2, 0.25) is 11.8 Å². The molecule has 1 unspecified atom stereocenters. The van der Waals surface area contributed by atoms with Crippen molar-refractivity contribution in [3.8, 4) is 0 Å². The Kier molecular flexibility index (Phi) is 4.36. The van der Waals surface area contributed by atoms with Crippen molar-refractivity contribution in [3.05, 3.63) is 34.2 Å². The summed E-state index contributed by atoms with van der Waals surface area (Å²) in [4.78, 5) is 39.1. The van der Waals surface area contributed by atoms with Gasteiger partial charge in [0, 0.05) is 33.1 Å². The Labute approximate surface area is 168 Å². The first-order valence-corrected chi connectivity index (χ1v) is 10.4. The van der Waals surface area contributed by atoms with Crippen molar-refractivity contribution in [2.45, 2.75) is 38.3 Å². The monoisotopic (exact) mass is 397 g/mol. The van der Waals surface area contributed by atoms with Crippen LogP contribution in [0.4, 0.5) is 0 Å². The van der Waals surface area contributed by atoms with Gasteiger partial charge in [0.05, 0.1) is 11.0 Å². The number of imide groups is 1. The highest BCUT2D eigenvalue weighted by molar-refractivity contribution is 6.00. The molecule has 0 aliphatic carbocycles. The maximum atomic E-state index is 12.9. The van der Waals surface area contributed by atoms with E-state index in [9.17, 15) is 14.4 Å². The molecule has 8 heteroatoms. The fraction of sp³-hybridized carbons (Fsp3) is 0.571. The van der Waals surface area contributed by atoms with Crippen LogP contribution in [0.5, 0.6) is 0 Å². The van der Waals surface area contributed by atoms with E-state index in [2.05, 4.69) is 27.7 Å². The molecule has 2 amide bonds. The van der Waals surface area contributed by atoms with E-state index < -0.39 is 11.9 Å². The third-order valence-electron chi connectivity index (χ3n) is 7.00. The molecule has 154 valence electrons. The van der Waals surface area contributed by atoms with Crippen molar-refractivity contribution >= 4 is 22.8 Å². The number of carbonyl (C=O) groups is 2. The first-order chi connectivity index (χ1) is 14.0. The number of likely N-dealkylation sites (tertiary alicyclic amines) is 1. The van der Waals surface area contributed by atoms with Crippen LogP contribution in [-0.4, -0.2) is 52.0 Å². The second kappa shape index (κ2) is 6.81. The van der Waals surface area contributed by atoms with Gasteiger partial charge in [-0.25, -0.2) is 4.79 Å². The zero-order valence-electron chi connectivity index (χ0n) is 16.7. The second-order valence-electron chi connectivity index (χ2n) is 8.88. The summed E-state index contributed by atoms with van der Waals surface area (Å²) in [6, 6.07) is 5.43. The second-order valence-corrected chi connectivity index (χ2v) is 8.88. The number of aryl methyl sites for hydroxylation is 1. The quantitative estimate of drug-likeness (QED) is 0.737. The lowest BCUT2D eigenvalue weighted by atomic mass is 9.73. The summed E-state index contributed by atoms with van der Waals surface area (Å²) in [6.45, 7) is 5.40. The number of nitrogens with zero attached hydrogens (tertiary/aromatic N) is 3. The first kappa shape index (κ1) is 18.6. The molecule has 3 aliphatic rings. The molecule has 0 bridgehead atoms. The van der Waals surface area contributed by atoms with Crippen LogP contribution in [-0.2, 0) is 23.2 Å². The molecule has 8 nitrogen and oxygen atoms in total. The van der Waals surface area contributed by atoms with Crippen LogP contribution in [0.25, 0.3) is 11.0 Å². The molecule has 5 rings (SSSR count). The summed E-state index contributed by atoms with van der Waals surface area (Å²) in [5.41, 5.74) is 3.06. The minimum absolute atomic E-state index is 0.218. The lowest BCUT2D eigenvalue weighted by Gasteiger charge is -2.48. The van der Waals surface area contributed by atoms with Crippen molar-refractivity contribution in [2.24, 2.45) is 12.5 Å². The average Bonchev–Trinajstić information content (AvgIpc) is 2.92. The van der Waals surface area contributed by atoms with E-state index >= 15 is 0 Å². The van der Waals surface area contributed by atoms with Crippen molar-refractivity contribution in [1.29, 1.82) is 0 Å². The zero-order valence-corrected chi connectivity index (χ0v) is 16.7. The third kappa shape index (κ3) is 3.11. The Morgan fingerprint density at radius 3 is 2.52 bits per heavy atom. The van der Waals surface area contributed by atoms with E-state index in [-0.39, 0.29) is 18.0 Å². The standard InChI is InChI=1S/C21H27N5O3/c1-24-17-10-14(11-25-8-6-21(7-9-25)12-22-13-21)2-3-15(17)26(20(24)29)16-4-5-18(27)23-19(16)28/h2-3,10,16,22H,4-9,11-13H2,1H3,(H,23,27,28). The number of hydrogen-bond acceptors (Lipinski definition) is 5. The van der Waals surface area contributed by atoms with Crippen LogP contribution in [0.2, 0.25) is 0 Å². The topological polar surface area (TPSA) is 88.4 Å². The molecule has 4 heterocycles. The molecular formula is C21H27N5O3. The minimum Gasteiger partial charge on any atom is -0.316 e. The van der Waals surface area contributed by atoms with Gasteiger partial charge in [0.25, 0.3) is 0 Å². The smallest absolute Gasteiger partial charge is 0.316 e. The zero-order chi connectivity index (χ0) is 20.2. The predicted octanol–water partition coefficient (Wildman–Crippen LogP) is 0.503. The summed E-state index contributed by atoms with van der Waals surface area (Å²) in [5.74, 6) is -0.671. The average molecular weight is 397 g/mol. The van der Waals surface area contributed by atoms with E-state index in [1.807, 2.05) is 6.07 Å². The molecule has 1 aromatic heterocycles. The molecule has 1 atom stereocenters. The van der Waals surface area contributed by atoms with Gasteiger partial charge in [-0.1, -0.05) is 6.07 Å². The summed E-state index contributed by atoms with van der Waals surface area (Å²) >= 11 is 0. The van der Waals surface area contributed by atoms with Crippen LogP contribution in [0, 0.1) is 5.41 Å². The summed E-state index contributed by atoms with van der Waals surface area (Å²) in [7, 11) is 1.74. The van der Waals surface area contributed by atoms with Gasteiger partial charge in [-0.05, 0) is 55.5 Å². The fourth-order valence-corrected chi connectivity index (χ4v) is 5.01. The van der Waals surface area contributed by atoms with Gasteiger partial charge in [-0.15, -0.1) is 0 Å². The van der Waals surface area contributed by atoms with Gasteiger partial charge < -0.3 is 5.32 Å². The number of rotatable bonds is 3. The van der Waals surface area contributed by atoms with E-state index in [1.54, 1.807) is 11.6 Å². The Hall–Kier alpha value is -2.45. The summed E-state index contributed by atoms with van der Waals surface area (Å²) in [5, 5.41) is 5.76. The molecule has 0 saturated carbocycles. The van der Waals surface area contributed by atoms with Gasteiger partial charge in [0.15, 0.2) is 0 Å². The van der Waals surface area contributed by atoms with Crippen LogP contribution >= 0.6 is 0 Å². The number of hydrogen-bond donors (Lipinski definition) is 2. The number of fused-ring (bicyclic) bond motifs is 1. The Bertz CT molecular complexity index is 1040. The normalized spacial score (nSPS) is 24.7. The molecule has 3 fully saturated rings. The Balaban J connectivity index is 1.40. The number of nitrogens with one attached hydrogen (secondary N) is 2. The molecule has 3 saturated heterocycles. The lowest BCUT2D eigenvalue weighted by molar-refractivity contribution is -0.135. The van der Waals surface area contributed by atoms with Crippen LogP contribution < -0.4 is 16.3 Å². The largest absolute Gasteiger partial charge is 0.329 e. The highest BCUT2D eigenvalue weighted by Crippen LogP contribution is 2.35. The van der Waals surface area contributed by atoms with Crippen molar-refractivity contribution in [2.75, 3.05) is 26.2 Å². The number of piperidine rings is 2. The van der Waals surface area contributed by atoms with E-state index in [4.69, 9.17) is 0 Å². The molecule has 0 radical (unpaired) electrons. The lowest BCUT2D eigenvalue weighted by Crippen LogP contribution is -2.58. The van der Waals surface area contributed by atoms with Crippen molar-refractivity contribution in [1.82, 2.24) is 24.7 Å². The van der Waals surface area contributed by atoms with Gasteiger partial charge >= 0.3 is 5.69 Å². The van der Waals surface area contributed by atoms with Crippen LogP contribution in [0.3, 0.4) is 0 Å². The number of imidazole rings is 1. The highest BCUT2D eigenvalue weighted by atomic mass is 16.2. The first-order valence-electron chi connectivity index (χ1n) is 10.4. The molecule has 2 aromatic rings. The molecule has 3 aliphatic heterocycles. The number of amides is 2. The van der Waals surface area contributed by atoms with Crippen LogP contribution in [0.1, 0.15) is 37.3 Å². The summed E-state index contributed by atoms with van der Waals surface area (Å²) < 4.78 is 3.14. The van der Waals surface area contributed by atoms with E-state index in [0.29, 0.717) is 11.8 Å². The SMILES string of the molecule is Cn1c(=O)n(C2CCC(=O)NC2=O)c2ccc(CN3CCC4(CC3)CNC4)cc21. The molecule has 2 N–H and O–H groups in total. The highest BCUT2D eigenvalue weighted by Gasteiger charge is 2.39. The van der Waals surface area contributed by atoms with E-state index in [0.717, 1.165) is 43.8 Å². The molecule has 1 aromatic carbocycles. The number of carbonyl (C=O) groups excluding carboxylic acids is 2. The fourth-order valence-electron chi connectivity index (χ4n) is 5.01. The molecule has 29 heavy (non-hydrogen) atoms. The van der Waals surface area contributed by atoms with E-state index in [1.165, 1.54) is 23.0 Å². The number of benzene rings is 1. The van der Waals surface area contributed by atoms with Gasteiger partial charge in [-0.3, -0.25) is 28.9 Å². The maximum Gasteiger partial charge on any atom is 0.329 e. The predicted molar refractivity (Wildman–Crippen MR) is 108 cm³/mol. The summed E-state index contributed by atoms with van der Waals surface area (Å²) in [6.07, 6.45) is 3.10. The number of aromatic nitrogens is 2. The maximum absolute atomic E-state index is 12.9. The third-order valence-corrected chi connectivity index (χ3v) is 7.00.